The van der Waals surface area contributed by atoms with Gasteiger partial charge in [0, 0.05) is 28.2 Å². The zero-order valence-electron chi connectivity index (χ0n) is 3.20. The Morgan fingerprint density at radius 1 is 1.50 bits per heavy atom. The van der Waals surface area contributed by atoms with Crippen LogP contribution in [0, 0.1) is 0 Å². The quantitative estimate of drug-likeness (QED) is 0.574. The molecule has 2 N–H and O–H groups in total. The van der Waals surface area contributed by atoms with Crippen LogP contribution in [0.1, 0.15) is 0 Å². The smallest absolute Gasteiger partial charge is 0.290 e. The van der Waals surface area contributed by atoms with Crippen LogP contribution in [0.5, 0.6) is 0 Å². The van der Waals surface area contributed by atoms with E-state index < -0.39 is 0 Å². The van der Waals surface area contributed by atoms with Crippen molar-refractivity contribution in [1.82, 2.24) is 0 Å². The molecule has 0 bridgehead atoms. The molecule has 0 aliphatic rings. The maximum Gasteiger partial charge on any atom is 0.290 e. The van der Waals surface area contributed by atoms with Gasteiger partial charge >= 0.3 is 0 Å². The molecule has 0 fully saturated rings. The molecule has 0 radical (unpaired) electrons. The van der Waals surface area contributed by atoms with Gasteiger partial charge in [-0.1, -0.05) is 0 Å². The first-order valence-electron chi connectivity index (χ1n) is 0.941. The van der Waals surface area contributed by atoms with Crippen LogP contribution in [0.4, 0.5) is 0 Å². The summed E-state index contributed by atoms with van der Waals surface area (Å²) in [6.45, 7) is -0.250. The summed E-state index contributed by atoms with van der Waals surface area (Å²) in [5, 5.41) is 13.9. The van der Waals surface area contributed by atoms with Gasteiger partial charge in [0.25, 0.3) is 6.47 Å². The summed E-state index contributed by atoms with van der Waals surface area (Å²) in [5.41, 5.74) is 0. The minimum atomic E-state index is -0.250. The molecule has 0 aromatic rings. The van der Waals surface area contributed by atoms with E-state index in [4.69, 9.17) is 15.0 Å². The van der Waals surface area contributed by atoms with Gasteiger partial charge in [0.05, 0.1) is 0 Å². The molecule has 0 saturated carbocycles. The van der Waals surface area contributed by atoms with Crippen LogP contribution < -0.4 is 0 Å². The molecule has 42 valence electrons. The summed E-state index contributed by atoms with van der Waals surface area (Å²) in [5.74, 6) is 0. The van der Waals surface area contributed by atoms with E-state index in [-0.39, 0.29) is 27.5 Å². The fraction of sp³-hybridized carbons (Fsp3) is 0.500. The number of carbonyl (C=O) groups is 1. The van der Waals surface area contributed by atoms with Gasteiger partial charge in [-0.05, 0) is 0 Å². The summed E-state index contributed by atoms with van der Waals surface area (Å²) in [7, 11) is 1.00. The summed E-state index contributed by atoms with van der Waals surface area (Å²) in [4.78, 5) is 8.36. The predicted molar refractivity (Wildman–Crippen MR) is 16.8 cm³/mol. The van der Waals surface area contributed by atoms with Gasteiger partial charge in [-0.3, -0.25) is 4.79 Å². The van der Waals surface area contributed by atoms with Gasteiger partial charge in [0.2, 0.25) is 0 Å². The number of aliphatic hydroxyl groups excluding tert-OH is 1. The molecule has 0 amide bonds. The van der Waals surface area contributed by atoms with E-state index in [1.54, 1.807) is 0 Å². The van der Waals surface area contributed by atoms with Crippen molar-refractivity contribution in [1.29, 1.82) is 0 Å². The molecule has 0 aliphatic heterocycles. The fourth-order valence-electron chi connectivity index (χ4n) is 0. The second-order valence-electron chi connectivity index (χ2n) is 0.105. The minimum Gasteiger partial charge on any atom is -0.483 e. The Hall–Kier alpha value is 0.118. The van der Waals surface area contributed by atoms with E-state index in [1.807, 2.05) is 0 Å². The zero-order chi connectivity index (χ0) is 4.71. The Kier molecular flexibility index (Phi) is 191. The molecule has 0 unspecified atom stereocenters. The number of rotatable bonds is 0. The van der Waals surface area contributed by atoms with Crippen molar-refractivity contribution in [2.75, 3.05) is 7.11 Å². The first-order valence-corrected chi connectivity index (χ1v) is 0.941. The maximum absolute atomic E-state index is 8.36. The molecule has 0 atom stereocenters. The van der Waals surface area contributed by atoms with E-state index in [2.05, 4.69) is 0 Å². The molecule has 0 spiro atoms. The average molecular weight is 273 g/mol. The fourth-order valence-corrected chi connectivity index (χ4v) is 0. The van der Waals surface area contributed by atoms with Gasteiger partial charge in [-0.25, -0.2) is 0 Å². The van der Waals surface area contributed by atoms with Crippen molar-refractivity contribution in [2.24, 2.45) is 0 Å². The van der Waals surface area contributed by atoms with Crippen LogP contribution >= 0.6 is 0 Å². The molecule has 0 heterocycles. The van der Waals surface area contributed by atoms with Crippen molar-refractivity contribution in [3.63, 3.8) is 0 Å². The van der Waals surface area contributed by atoms with Crippen LogP contribution in [-0.4, -0.2) is 23.8 Å². The number of carboxylic acid groups (broad SMARTS) is 1. The monoisotopic (exact) mass is 273 g/mol. The van der Waals surface area contributed by atoms with Crippen molar-refractivity contribution >= 4 is 6.47 Å². The molecular weight excluding hydrogens is 267 g/mol. The van der Waals surface area contributed by atoms with Gasteiger partial charge in [0.15, 0.2) is 0 Å². The summed E-state index contributed by atoms with van der Waals surface area (Å²) >= 11 is 0. The van der Waals surface area contributed by atoms with Crippen LogP contribution in [0.2, 0.25) is 0 Å². The Balaban J connectivity index is -0.0000000275. The van der Waals surface area contributed by atoms with Crippen LogP contribution in [0.3, 0.4) is 0 Å². The standard InChI is InChI=1S/CH2O2.CH4O.Pt/c2-1-3;1-2;/h1H,(H,2,3);2H,1H3;. The summed E-state index contributed by atoms with van der Waals surface area (Å²) in [6, 6.07) is 0. The maximum atomic E-state index is 8.36. The topological polar surface area (TPSA) is 57.5 Å². The van der Waals surface area contributed by atoms with Crippen molar-refractivity contribution in [3.8, 4) is 0 Å². The first kappa shape index (κ1) is 16.5. The molecule has 0 saturated heterocycles. The zero-order valence-corrected chi connectivity index (χ0v) is 5.47. The molecule has 4 heteroatoms. The van der Waals surface area contributed by atoms with E-state index in [0.29, 0.717) is 0 Å². The minimum absolute atomic E-state index is 0. The number of aliphatic hydroxyl groups is 1. The van der Waals surface area contributed by atoms with E-state index in [9.17, 15) is 0 Å². The second kappa shape index (κ2) is 69.4. The van der Waals surface area contributed by atoms with Gasteiger partial charge in [-0.15, -0.1) is 0 Å². The second-order valence-corrected chi connectivity index (χ2v) is 0.105. The normalized spacial score (nSPS) is 3.00. The Bertz CT molecular complexity index is 16.3. The molecular formula is C2H6O3Pt. The van der Waals surface area contributed by atoms with Crippen LogP contribution in [0.15, 0.2) is 0 Å². The Labute approximate surface area is 50.2 Å². The van der Waals surface area contributed by atoms with Crippen molar-refractivity contribution in [3.05, 3.63) is 0 Å². The van der Waals surface area contributed by atoms with Crippen LogP contribution in [-0.2, 0) is 25.9 Å². The third-order valence-corrected chi connectivity index (χ3v) is 0. The van der Waals surface area contributed by atoms with E-state index in [1.165, 1.54) is 0 Å². The molecule has 0 aromatic heterocycles. The van der Waals surface area contributed by atoms with Crippen LogP contribution in [0.25, 0.3) is 0 Å². The third kappa shape index (κ3) is 2860. The molecule has 0 rings (SSSR count). The Morgan fingerprint density at radius 2 is 1.50 bits per heavy atom. The third-order valence-electron chi connectivity index (χ3n) is 0. The summed E-state index contributed by atoms with van der Waals surface area (Å²) < 4.78 is 0. The van der Waals surface area contributed by atoms with Gasteiger partial charge in [0.1, 0.15) is 0 Å². The van der Waals surface area contributed by atoms with E-state index >= 15 is 0 Å². The molecule has 0 aromatic carbocycles. The van der Waals surface area contributed by atoms with Gasteiger partial charge < -0.3 is 10.2 Å². The predicted octanol–water partition coefficient (Wildman–Crippen LogP) is -0.693. The molecule has 6 heavy (non-hydrogen) atoms. The van der Waals surface area contributed by atoms with Gasteiger partial charge in [-0.2, -0.15) is 0 Å². The molecule has 3 nitrogen and oxygen atoms in total. The average Bonchev–Trinajstić information content (AvgIpc) is 1.46. The molecule has 0 aliphatic carbocycles. The largest absolute Gasteiger partial charge is 0.483 e. The first-order chi connectivity index (χ1) is 2.41. The van der Waals surface area contributed by atoms with Crippen molar-refractivity contribution < 1.29 is 36.1 Å². The number of hydrogen-bond donors (Lipinski definition) is 2. The summed E-state index contributed by atoms with van der Waals surface area (Å²) in [6.07, 6.45) is 0. The SMILES string of the molecule is CO.O=CO.[Pt]. The van der Waals surface area contributed by atoms with Crippen molar-refractivity contribution in [2.45, 2.75) is 0 Å². The number of hydrogen-bond acceptors (Lipinski definition) is 2. The Morgan fingerprint density at radius 3 is 1.50 bits per heavy atom. The van der Waals surface area contributed by atoms with E-state index in [0.717, 1.165) is 7.11 Å².